The number of rotatable bonds is 5. The summed E-state index contributed by atoms with van der Waals surface area (Å²) < 4.78 is 0. The maximum Gasteiger partial charge on any atom is 1.00 e. The quantitative estimate of drug-likeness (QED) is 0.392. The molecule has 0 aromatic carbocycles. The third-order valence-electron chi connectivity index (χ3n) is 1.10. The Hall–Kier alpha value is 0.900. The summed E-state index contributed by atoms with van der Waals surface area (Å²) in [6.45, 7) is 0. The van der Waals surface area contributed by atoms with E-state index in [9.17, 15) is 9.59 Å². The Labute approximate surface area is 123 Å². The summed E-state index contributed by atoms with van der Waals surface area (Å²) >= 11 is 0. The summed E-state index contributed by atoms with van der Waals surface area (Å²) in [7, 11) is 0. The van der Waals surface area contributed by atoms with Gasteiger partial charge in [0.25, 0.3) is 0 Å². The standard InChI is InChI=1S/C6H10O5.2Na.2H/c7-4(3-6(10)11)1-2-5(8)9;;;;/h4,7H,1-3H2,(H,8,9)(H,10,11);;;;/q;2*+1;2*-1. The molecule has 13 heavy (non-hydrogen) atoms. The average Bonchev–Trinajstić information content (AvgIpc) is 1.82. The molecular weight excluding hydrogens is 198 g/mol. The third-order valence-corrected chi connectivity index (χ3v) is 1.10. The fourth-order valence-corrected chi connectivity index (χ4v) is 0.594. The number of aliphatic hydroxyl groups is 1. The fraction of sp³-hybridized carbons (Fsp3) is 0.667. The predicted octanol–water partition coefficient (Wildman–Crippen LogP) is -6.08. The minimum atomic E-state index is -1.12. The number of hydrogen-bond donors (Lipinski definition) is 3. The normalized spacial score (nSPS) is 10.5. The molecule has 0 aliphatic heterocycles. The van der Waals surface area contributed by atoms with Gasteiger partial charge in [0.1, 0.15) is 0 Å². The summed E-state index contributed by atoms with van der Waals surface area (Å²) in [4.78, 5) is 19.9. The fourth-order valence-electron chi connectivity index (χ4n) is 0.594. The second-order valence-corrected chi connectivity index (χ2v) is 2.18. The van der Waals surface area contributed by atoms with Crippen LogP contribution in [-0.4, -0.2) is 33.4 Å². The number of carbonyl (C=O) groups is 2. The van der Waals surface area contributed by atoms with E-state index in [-0.39, 0.29) is 74.8 Å². The van der Waals surface area contributed by atoms with Crippen molar-refractivity contribution >= 4 is 11.9 Å². The van der Waals surface area contributed by atoms with Crippen molar-refractivity contribution in [2.45, 2.75) is 25.4 Å². The number of aliphatic hydroxyl groups excluding tert-OH is 1. The van der Waals surface area contributed by atoms with Crippen LogP contribution in [0.5, 0.6) is 0 Å². The van der Waals surface area contributed by atoms with Crippen molar-refractivity contribution in [1.82, 2.24) is 0 Å². The minimum Gasteiger partial charge on any atom is -1.00 e. The maximum atomic E-state index is 9.95. The molecule has 1 unspecified atom stereocenters. The molecule has 0 aliphatic carbocycles. The molecule has 0 aromatic heterocycles. The van der Waals surface area contributed by atoms with Crippen LogP contribution in [0.25, 0.3) is 0 Å². The molecule has 68 valence electrons. The average molecular weight is 210 g/mol. The topological polar surface area (TPSA) is 94.8 Å². The van der Waals surface area contributed by atoms with Gasteiger partial charge in [-0.3, -0.25) is 9.59 Å². The van der Waals surface area contributed by atoms with Gasteiger partial charge < -0.3 is 18.2 Å². The zero-order chi connectivity index (χ0) is 8.85. The molecule has 0 fully saturated rings. The van der Waals surface area contributed by atoms with Gasteiger partial charge in [0.15, 0.2) is 0 Å². The van der Waals surface area contributed by atoms with Crippen LogP contribution >= 0.6 is 0 Å². The molecule has 0 aromatic rings. The Kier molecular flexibility index (Phi) is 16.4. The molecule has 0 radical (unpaired) electrons. The molecular formula is C6H12Na2O5. The number of carboxylic acid groups (broad SMARTS) is 2. The summed E-state index contributed by atoms with van der Waals surface area (Å²) in [5.41, 5.74) is 0. The van der Waals surface area contributed by atoms with Gasteiger partial charge in [-0.25, -0.2) is 0 Å². The number of hydrogen-bond acceptors (Lipinski definition) is 3. The first-order valence-corrected chi connectivity index (χ1v) is 3.14. The van der Waals surface area contributed by atoms with E-state index in [1.54, 1.807) is 0 Å². The molecule has 7 heteroatoms. The molecule has 0 heterocycles. The maximum absolute atomic E-state index is 9.95. The Morgan fingerprint density at radius 3 is 1.92 bits per heavy atom. The van der Waals surface area contributed by atoms with E-state index in [1.807, 2.05) is 0 Å². The van der Waals surface area contributed by atoms with Crippen LogP contribution in [0.4, 0.5) is 0 Å². The van der Waals surface area contributed by atoms with Crippen LogP contribution < -0.4 is 59.1 Å². The molecule has 0 saturated heterocycles. The van der Waals surface area contributed by atoms with E-state index in [0.29, 0.717) is 0 Å². The zero-order valence-electron chi connectivity index (χ0n) is 9.86. The number of carboxylic acids is 2. The molecule has 1 atom stereocenters. The smallest absolute Gasteiger partial charge is 1.00 e. The van der Waals surface area contributed by atoms with Crippen molar-refractivity contribution in [3.05, 3.63) is 0 Å². The summed E-state index contributed by atoms with van der Waals surface area (Å²) in [6, 6.07) is 0. The molecule has 0 rings (SSSR count). The summed E-state index contributed by atoms with van der Waals surface area (Å²) in [5.74, 6) is -2.16. The Bertz CT molecular complexity index is 170. The van der Waals surface area contributed by atoms with Crippen molar-refractivity contribution in [3.8, 4) is 0 Å². The monoisotopic (exact) mass is 210 g/mol. The van der Waals surface area contributed by atoms with Crippen molar-refractivity contribution < 1.29 is 86.9 Å². The van der Waals surface area contributed by atoms with Gasteiger partial charge in [0.2, 0.25) is 0 Å². The van der Waals surface area contributed by atoms with Crippen LogP contribution in [-0.2, 0) is 9.59 Å². The predicted molar refractivity (Wildman–Crippen MR) is 37.4 cm³/mol. The Balaban J connectivity index is -0.0000000833. The molecule has 0 amide bonds. The second kappa shape index (κ2) is 11.0. The van der Waals surface area contributed by atoms with E-state index >= 15 is 0 Å². The molecule has 5 nitrogen and oxygen atoms in total. The largest absolute Gasteiger partial charge is 1.00 e. The summed E-state index contributed by atoms with van der Waals surface area (Å²) in [6.07, 6.45) is -1.66. The van der Waals surface area contributed by atoms with E-state index in [0.717, 1.165) is 0 Å². The Morgan fingerprint density at radius 2 is 1.62 bits per heavy atom. The van der Waals surface area contributed by atoms with Gasteiger partial charge in [0, 0.05) is 6.42 Å². The molecule has 0 spiro atoms. The second-order valence-electron chi connectivity index (χ2n) is 2.18. The molecule has 0 aliphatic rings. The first-order valence-electron chi connectivity index (χ1n) is 3.14. The van der Waals surface area contributed by atoms with Crippen LogP contribution in [0.15, 0.2) is 0 Å². The van der Waals surface area contributed by atoms with Crippen LogP contribution in [0, 0.1) is 0 Å². The third kappa shape index (κ3) is 15.6. The van der Waals surface area contributed by atoms with Crippen LogP contribution in [0.1, 0.15) is 22.1 Å². The van der Waals surface area contributed by atoms with Crippen LogP contribution in [0.2, 0.25) is 0 Å². The van der Waals surface area contributed by atoms with Gasteiger partial charge in [-0.1, -0.05) is 0 Å². The van der Waals surface area contributed by atoms with Gasteiger partial charge >= 0.3 is 71.1 Å². The zero-order valence-corrected chi connectivity index (χ0v) is 11.9. The molecule has 0 bridgehead atoms. The van der Waals surface area contributed by atoms with Gasteiger partial charge in [0.05, 0.1) is 12.5 Å². The van der Waals surface area contributed by atoms with Gasteiger partial charge in [-0.05, 0) is 6.42 Å². The van der Waals surface area contributed by atoms with E-state index in [2.05, 4.69) is 0 Å². The van der Waals surface area contributed by atoms with Gasteiger partial charge in [-0.2, -0.15) is 0 Å². The van der Waals surface area contributed by atoms with E-state index in [4.69, 9.17) is 15.3 Å². The van der Waals surface area contributed by atoms with Crippen molar-refractivity contribution in [1.29, 1.82) is 0 Å². The Morgan fingerprint density at radius 1 is 1.15 bits per heavy atom. The van der Waals surface area contributed by atoms with Crippen molar-refractivity contribution in [2.75, 3.05) is 0 Å². The van der Waals surface area contributed by atoms with Gasteiger partial charge in [-0.15, -0.1) is 0 Å². The molecule has 0 saturated carbocycles. The molecule has 3 N–H and O–H groups in total. The van der Waals surface area contributed by atoms with E-state index in [1.165, 1.54) is 0 Å². The SMILES string of the molecule is O=C(O)CCC(O)CC(=O)O.[H-].[H-].[Na+].[Na+]. The van der Waals surface area contributed by atoms with Crippen LogP contribution in [0.3, 0.4) is 0 Å². The van der Waals surface area contributed by atoms with Crippen molar-refractivity contribution in [2.24, 2.45) is 0 Å². The van der Waals surface area contributed by atoms with Crippen molar-refractivity contribution in [3.63, 3.8) is 0 Å². The minimum absolute atomic E-state index is 0. The van der Waals surface area contributed by atoms with E-state index < -0.39 is 24.5 Å². The number of aliphatic carboxylic acids is 2. The first-order chi connectivity index (χ1) is 5.02. The first kappa shape index (κ1) is 19.5. The summed E-state index contributed by atoms with van der Waals surface area (Å²) in [5, 5.41) is 25.1.